The van der Waals surface area contributed by atoms with Gasteiger partial charge in [0.15, 0.2) is 0 Å². The van der Waals surface area contributed by atoms with Crippen LogP contribution in [0.5, 0.6) is 5.75 Å². The minimum absolute atomic E-state index is 0.114. The van der Waals surface area contributed by atoms with E-state index >= 15 is 0 Å². The monoisotopic (exact) mass is 292 g/mol. The molecule has 2 nitrogen and oxygen atoms in total. The Labute approximate surface area is 126 Å². The Morgan fingerprint density at radius 3 is 2.85 bits per heavy atom. The molecule has 0 heterocycles. The SMILES string of the molecule is CCCCCSCc1cc(C#CCCO)ccc1OC. The van der Waals surface area contributed by atoms with Crippen molar-refractivity contribution in [3.63, 3.8) is 0 Å². The maximum Gasteiger partial charge on any atom is 0.122 e. The van der Waals surface area contributed by atoms with Crippen LogP contribution in [0.25, 0.3) is 0 Å². The Hall–Kier alpha value is -1.11. The molecule has 0 saturated carbocycles. The van der Waals surface area contributed by atoms with E-state index in [0.29, 0.717) is 6.42 Å². The summed E-state index contributed by atoms with van der Waals surface area (Å²) in [5.41, 5.74) is 2.19. The van der Waals surface area contributed by atoms with Crippen LogP contribution in [0.3, 0.4) is 0 Å². The Kier molecular flexibility index (Phi) is 9.02. The summed E-state index contributed by atoms with van der Waals surface area (Å²) in [5, 5.41) is 8.74. The second-order valence-electron chi connectivity index (χ2n) is 4.56. The number of methoxy groups -OCH3 is 1. The lowest BCUT2D eigenvalue weighted by Crippen LogP contribution is -1.92. The normalized spacial score (nSPS) is 9.95. The molecule has 0 fully saturated rings. The maximum atomic E-state index is 8.74. The zero-order chi connectivity index (χ0) is 14.6. The summed E-state index contributed by atoms with van der Waals surface area (Å²) in [7, 11) is 1.71. The van der Waals surface area contributed by atoms with Gasteiger partial charge in [-0.1, -0.05) is 31.6 Å². The summed E-state index contributed by atoms with van der Waals surface area (Å²) in [6, 6.07) is 6.04. The standard InChI is InChI=1S/C17H24O2S/c1-3-4-7-12-20-14-16-13-15(8-5-6-11-18)9-10-17(16)19-2/h9-10,13,18H,3-4,6-7,11-12,14H2,1-2H3. The van der Waals surface area contributed by atoms with E-state index in [-0.39, 0.29) is 6.61 Å². The van der Waals surface area contributed by atoms with Crippen molar-refractivity contribution >= 4 is 11.8 Å². The second-order valence-corrected chi connectivity index (χ2v) is 5.67. The van der Waals surface area contributed by atoms with E-state index in [4.69, 9.17) is 9.84 Å². The van der Waals surface area contributed by atoms with Gasteiger partial charge in [0, 0.05) is 23.3 Å². The van der Waals surface area contributed by atoms with Gasteiger partial charge in [-0.15, -0.1) is 0 Å². The molecule has 0 radical (unpaired) electrons. The molecule has 0 amide bonds. The lowest BCUT2D eigenvalue weighted by atomic mass is 10.1. The van der Waals surface area contributed by atoms with Crippen LogP contribution in [0.1, 0.15) is 43.7 Å². The highest BCUT2D eigenvalue weighted by atomic mass is 32.2. The van der Waals surface area contributed by atoms with Gasteiger partial charge in [-0.3, -0.25) is 0 Å². The number of hydrogen-bond acceptors (Lipinski definition) is 3. The van der Waals surface area contributed by atoms with Crippen LogP contribution >= 0.6 is 11.8 Å². The molecule has 0 aromatic heterocycles. The van der Waals surface area contributed by atoms with Crippen LogP contribution in [-0.4, -0.2) is 24.6 Å². The molecule has 0 aliphatic rings. The molecule has 0 unspecified atom stereocenters. The molecule has 1 rings (SSSR count). The van der Waals surface area contributed by atoms with Gasteiger partial charge in [0.25, 0.3) is 0 Å². The van der Waals surface area contributed by atoms with E-state index < -0.39 is 0 Å². The predicted octanol–water partition coefficient (Wildman–Crippen LogP) is 3.85. The number of aliphatic hydroxyl groups excluding tert-OH is 1. The summed E-state index contributed by atoms with van der Waals surface area (Å²) in [6.45, 7) is 2.34. The minimum atomic E-state index is 0.114. The Morgan fingerprint density at radius 2 is 2.15 bits per heavy atom. The topological polar surface area (TPSA) is 29.5 Å². The third-order valence-corrected chi connectivity index (χ3v) is 3.99. The average Bonchev–Trinajstić information content (AvgIpc) is 2.47. The van der Waals surface area contributed by atoms with Crippen molar-refractivity contribution in [3.8, 4) is 17.6 Å². The zero-order valence-corrected chi connectivity index (χ0v) is 13.3. The van der Waals surface area contributed by atoms with Gasteiger partial charge in [0.1, 0.15) is 5.75 Å². The van der Waals surface area contributed by atoms with Crippen LogP contribution in [0.2, 0.25) is 0 Å². The molecule has 110 valence electrons. The summed E-state index contributed by atoms with van der Waals surface area (Å²) < 4.78 is 5.40. The molecule has 1 aromatic carbocycles. The number of aliphatic hydroxyl groups is 1. The van der Waals surface area contributed by atoms with Crippen molar-refractivity contribution in [2.45, 2.75) is 38.4 Å². The molecular weight excluding hydrogens is 268 g/mol. The van der Waals surface area contributed by atoms with E-state index in [2.05, 4.69) is 24.8 Å². The fourth-order valence-corrected chi connectivity index (χ4v) is 2.82. The van der Waals surface area contributed by atoms with Crippen LogP contribution in [0.4, 0.5) is 0 Å². The van der Waals surface area contributed by atoms with E-state index in [9.17, 15) is 0 Å². The first-order valence-corrected chi connectivity index (χ1v) is 8.31. The lowest BCUT2D eigenvalue weighted by Gasteiger charge is -2.09. The zero-order valence-electron chi connectivity index (χ0n) is 12.4. The molecule has 0 aliphatic heterocycles. The molecule has 1 N–H and O–H groups in total. The van der Waals surface area contributed by atoms with Gasteiger partial charge in [-0.2, -0.15) is 11.8 Å². The number of rotatable bonds is 8. The summed E-state index contributed by atoms with van der Waals surface area (Å²) >= 11 is 1.94. The van der Waals surface area contributed by atoms with Gasteiger partial charge in [0.05, 0.1) is 13.7 Å². The third kappa shape index (κ3) is 6.36. The molecule has 0 saturated heterocycles. The number of benzene rings is 1. The molecule has 0 spiro atoms. The van der Waals surface area contributed by atoms with E-state index in [1.807, 2.05) is 23.9 Å². The molecular formula is C17H24O2S. The fourth-order valence-electron chi connectivity index (χ4n) is 1.83. The van der Waals surface area contributed by atoms with Crippen LogP contribution in [-0.2, 0) is 5.75 Å². The Bertz CT molecular complexity index is 446. The first-order valence-electron chi connectivity index (χ1n) is 7.16. The maximum absolute atomic E-state index is 8.74. The first-order chi connectivity index (χ1) is 9.81. The first kappa shape index (κ1) is 16.9. The van der Waals surface area contributed by atoms with Crippen molar-refractivity contribution in [2.75, 3.05) is 19.5 Å². The van der Waals surface area contributed by atoms with Crippen molar-refractivity contribution < 1.29 is 9.84 Å². The molecule has 20 heavy (non-hydrogen) atoms. The highest BCUT2D eigenvalue weighted by Gasteiger charge is 2.04. The average molecular weight is 292 g/mol. The van der Waals surface area contributed by atoms with Crippen LogP contribution in [0.15, 0.2) is 18.2 Å². The Balaban J connectivity index is 2.62. The quantitative estimate of drug-likeness (QED) is 0.583. The summed E-state index contributed by atoms with van der Waals surface area (Å²) in [6.07, 6.45) is 4.36. The predicted molar refractivity (Wildman–Crippen MR) is 87.3 cm³/mol. The van der Waals surface area contributed by atoms with E-state index in [1.54, 1.807) is 7.11 Å². The van der Waals surface area contributed by atoms with E-state index in [0.717, 1.165) is 17.1 Å². The Morgan fingerprint density at radius 1 is 1.30 bits per heavy atom. The molecule has 1 aromatic rings. The van der Waals surface area contributed by atoms with Gasteiger partial charge in [-0.05, 0) is 30.4 Å². The smallest absolute Gasteiger partial charge is 0.122 e. The number of thioether (sulfide) groups is 1. The van der Waals surface area contributed by atoms with Crippen LogP contribution in [0, 0.1) is 11.8 Å². The number of ether oxygens (including phenoxy) is 1. The van der Waals surface area contributed by atoms with Gasteiger partial charge in [0.2, 0.25) is 0 Å². The van der Waals surface area contributed by atoms with Gasteiger partial charge in [-0.25, -0.2) is 0 Å². The van der Waals surface area contributed by atoms with Crippen molar-refractivity contribution in [3.05, 3.63) is 29.3 Å². The largest absolute Gasteiger partial charge is 0.496 e. The highest BCUT2D eigenvalue weighted by Crippen LogP contribution is 2.25. The fraction of sp³-hybridized carbons (Fsp3) is 0.529. The molecule has 0 aliphatic carbocycles. The number of unbranched alkanes of at least 4 members (excludes halogenated alkanes) is 2. The molecule has 0 atom stereocenters. The lowest BCUT2D eigenvalue weighted by molar-refractivity contribution is 0.305. The minimum Gasteiger partial charge on any atom is -0.496 e. The van der Waals surface area contributed by atoms with Crippen molar-refractivity contribution in [1.29, 1.82) is 0 Å². The molecule has 0 bridgehead atoms. The van der Waals surface area contributed by atoms with Crippen molar-refractivity contribution in [2.24, 2.45) is 0 Å². The van der Waals surface area contributed by atoms with Crippen molar-refractivity contribution in [1.82, 2.24) is 0 Å². The molecule has 3 heteroatoms. The second kappa shape index (κ2) is 10.7. The number of hydrogen-bond donors (Lipinski definition) is 1. The summed E-state index contributed by atoms with van der Waals surface area (Å²) in [4.78, 5) is 0. The third-order valence-electron chi connectivity index (χ3n) is 2.90. The van der Waals surface area contributed by atoms with Crippen LogP contribution < -0.4 is 4.74 Å². The van der Waals surface area contributed by atoms with Gasteiger partial charge >= 0.3 is 0 Å². The summed E-state index contributed by atoms with van der Waals surface area (Å²) in [5.74, 6) is 9.11. The highest BCUT2D eigenvalue weighted by molar-refractivity contribution is 7.98. The van der Waals surface area contributed by atoms with Gasteiger partial charge < -0.3 is 9.84 Å². The van der Waals surface area contributed by atoms with E-state index in [1.165, 1.54) is 30.6 Å².